The van der Waals surface area contributed by atoms with Crippen LogP contribution in [0.25, 0.3) is 0 Å². The molecule has 2 nitrogen and oxygen atoms in total. The Balaban J connectivity index is 1.85. The Morgan fingerprint density at radius 2 is 1.65 bits per heavy atom. The van der Waals surface area contributed by atoms with Crippen molar-refractivity contribution in [2.75, 3.05) is 6.61 Å². The first-order valence-corrected chi connectivity index (χ1v) is 9.97. The zero-order chi connectivity index (χ0) is 12.7. The topological polar surface area (TPSA) is 18.5 Å². The maximum absolute atomic E-state index is 6.49. The molecule has 2 rings (SSSR count). The van der Waals surface area contributed by atoms with Gasteiger partial charge in [0, 0.05) is 6.10 Å². The first kappa shape index (κ1) is 13.6. The van der Waals surface area contributed by atoms with E-state index in [1.165, 1.54) is 32.1 Å². The Kier molecular flexibility index (Phi) is 3.48. The lowest BCUT2D eigenvalue weighted by Gasteiger charge is -2.48. The first-order chi connectivity index (χ1) is 7.74. The lowest BCUT2D eigenvalue weighted by molar-refractivity contribution is -0.174. The molecule has 17 heavy (non-hydrogen) atoms. The highest BCUT2D eigenvalue weighted by molar-refractivity contribution is 6.74. The smallest absolute Gasteiger partial charge is 0.192 e. The van der Waals surface area contributed by atoms with Crippen molar-refractivity contribution < 1.29 is 9.16 Å². The van der Waals surface area contributed by atoms with Gasteiger partial charge < -0.3 is 9.16 Å². The molecule has 1 aliphatic heterocycles. The fourth-order valence-electron chi connectivity index (χ4n) is 2.61. The molecule has 3 heteroatoms. The summed E-state index contributed by atoms with van der Waals surface area (Å²) in [6.45, 7) is 12.7. The Labute approximate surface area is 107 Å². The summed E-state index contributed by atoms with van der Waals surface area (Å²) >= 11 is 0. The molecular weight excluding hydrogens is 228 g/mol. The predicted molar refractivity (Wildman–Crippen MR) is 73.8 cm³/mol. The second-order valence-electron chi connectivity index (χ2n) is 7.36. The molecule has 0 amide bonds. The summed E-state index contributed by atoms with van der Waals surface area (Å²) in [5.74, 6) is 0. The molecule has 1 heterocycles. The van der Waals surface area contributed by atoms with Gasteiger partial charge in [0.2, 0.25) is 0 Å². The molecule has 0 atom stereocenters. The van der Waals surface area contributed by atoms with Crippen molar-refractivity contribution in [1.82, 2.24) is 0 Å². The highest BCUT2D eigenvalue weighted by atomic mass is 28.4. The lowest BCUT2D eigenvalue weighted by Crippen LogP contribution is -2.50. The van der Waals surface area contributed by atoms with Crippen LogP contribution >= 0.6 is 0 Å². The third-order valence-electron chi connectivity index (χ3n) is 5.08. The van der Waals surface area contributed by atoms with Crippen LogP contribution in [0.4, 0.5) is 0 Å². The molecule has 0 aromatic rings. The van der Waals surface area contributed by atoms with Gasteiger partial charge in [-0.25, -0.2) is 0 Å². The van der Waals surface area contributed by atoms with E-state index in [0.717, 1.165) is 6.61 Å². The summed E-state index contributed by atoms with van der Waals surface area (Å²) in [5.41, 5.74) is 0.271. The summed E-state index contributed by atoms with van der Waals surface area (Å²) < 4.78 is 12.2. The molecule has 0 radical (unpaired) electrons. The molecule has 1 aliphatic carbocycles. The van der Waals surface area contributed by atoms with E-state index in [-0.39, 0.29) is 5.60 Å². The minimum absolute atomic E-state index is 0.271. The van der Waals surface area contributed by atoms with Crippen LogP contribution in [0.2, 0.25) is 18.1 Å². The van der Waals surface area contributed by atoms with Gasteiger partial charge in [-0.3, -0.25) is 0 Å². The zero-order valence-electron chi connectivity index (χ0n) is 12.1. The van der Waals surface area contributed by atoms with Gasteiger partial charge in [-0.05, 0) is 50.2 Å². The van der Waals surface area contributed by atoms with Crippen LogP contribution in [0.3, 0.4) is 0 Å². The number of ether oxygens (including phenoxy) is 1. The molecule has 100 valence electrons. The lowest BCUT2D eigenvalue weighted by atomic mass is 9.78. The molecule has 0 N–H and O–H groups in total. The van der Waals surface area contributed by atoms with Crippen LogP contribution in [-0.4, -0.2) is 26.6 Å². The summed E-state index contributed by atoms with van der Waals surface area (Å²) in [6, 6.07) is 0. The van der Waals surface area contributed by atoms with Crippen molar-refractivity contribution in [3.63, 3.8) is 0 Å². The minimum Gasteiger partial charge on any atom is -0.414 e. The van der Waals surface area contributed by atoms with Gasteiger partial charge >= 0.3 is 0 Å². The van der Waals surface area contributed by atoms with E-state index in [4.69, 9.17) is 9.16 Å². The van der Waals surface area contributed by atoms with Gasteiger partial charge in [-0.1, -0.05) is 20.8 Å². The molecular formula is C14H28O2Si. The fourth-order valence-corrected chi connectivity index (χ4v) is 4.04. The molecule has 1 saturated carbocycles. The molecule has 1 spiro atoms. The van der Waals surface area contributed by atoms with E-state index >= 15 is 0 Å². The largest absolute Gasteiger partial charge is 0.414 e. The summed E-state index contributed by atoms with van der Waals surface area (Å²) in [6.07, 6.45) is 6.60. The average molecular weight is 256 g/mol. The van der Waals surface area contributed by atoms with Crippen LogP contribution in [-0.2, 0) is 9.16 Å². The molecule has 0 aromatic carbocycles. The fraction of sp³-hybridized carbons (Fsp3) is 1.00. The number of hydrogen-bond acceptors (Lipinski definition) is 2. The molecule has 1 saturated heterocycles. The van der Waals surface area contributed by atoms with Gasteiger partial charge in [0.05, 0.1) is 12.2 Å². The molecule has 2 fully saturated rings. The quantitative estimate of drug-likeness (QED) is 0.692. The monoisotopic (exact) mass is 256 g/mol. The first-order valence-electron chi connectivity index (χ1n) is 7.06. The van der Waals surface area contributed by atoms with E-state index < -0.39 is 8.32 Å². The Hall–Kier alpha value is 0.137. The van der Waals surface area contributed by atoms with Gasteiger partial charge in [-0.2, -0.15) is 0 Å². The van der Waals surface area contributed by atoms with E-state index in [2.05, 4.69) is 33.9 Å². The van der Waals surface area contributed by atoms with Gasteiger partial charge in [-0.15, -0.1) is 0 Å². The van der Waals surface area contributed by atoms with Crippen molar-refractivity contribution >= 4 is 8.32 Å². The van der Waals surface area contributed by atoms with E-state index in [1.807, 2.05) is 0 Å². The highest BCUT2D eigenvalue weighted by Gasteiger charge is 2.44. The highest BCUT2D eigenvalue weighted by Crippen LogP contribution is 2.44. The maximum atomic E-state index is 6.49. The normalized spacial score (nSPS) is 34.8. The van der Waals surface area contributed by atoms with Crippen LogP contribution in [0.1, 0.15) is 52.9 Å². The molecule has 2 aliphatic rings. The number of hydrogen-bond donors (Lipinski definition) is 0. The predicted octanol–water partition coefficient (Wildman–Crippen LogP) is 4.11. The Bertz CT molecular complexity index is 266. The van der Waals surface area contributed by atoms with Gasteiger partial charge in [0.1, 0.15) is 0 Å². The Morgan fingerprint density at radius 3 is 2.00 bits per heavy atom. The van der Waals surface area contributed by atoms with Crippen LogP contribution < -0.4 is 0 Å². The summed E-state index contributed by atoms with van der Waals surface area (Å²) in [5, 5.41) is 0.328. The van der Waals surface area contributed by atoms with Crippen molar-refractivity contribution in [2.24, 2.45) is 0 Å². The molecule has 0 unspecified atom stereocenters. The van der Waals surface area contributed by atoms with Crippen molar-refractivity contribution in [1.29, 1.82) is 0 Å². The molecule has 0 aromatic heterocycles. The van der Waals surface area contributed by atoms with Crippen molar-refractivity contribution in [3.8, 4) is 0 Å². The van der Waals surface area contributed by atoms with E-state index in [9.17, 15) is 0 Å². The standard InChI is InChI=1S/C14H28O2Si/c1-13(2,3)17(4,5)16-12-6-8-14(9-7-12)10-11-15-14/h12H,6-11H2,1-5H3. The summed E-state index contributed by atoms with van der Waals surface area (Å²) in [4.78, 5) is 0. The van der Waals surface area contributed by atoms with E-state index in [1.54, 1.807) is 0 Å². The van der Waals surface area contributed by atoms with Gasteiger partial charge in [0.25, 0.3) is 0 Å². The van der Waals surface area contributed by atoms with Crippen LogP contribution in [0.5, 0.6) is 0 Å². The van der Waals surface area contributed by atoms with Gasteiger partial charge in [0.15, 0.2) is 8.32 Å². The van der Waals surface area contributed by atoms with Crippen molar-refractivity contribution in [2.45, 2.75) is 82.7 Å². The average Bonchev–Trinajstić information content (AvgIpc) is 2.14. The Morgan fingerprint density at radius 1 is 1.12 bits per heavy atom. The third kappa shape index (κ3) is 2.77. The zero-order valence-corrected chi connectivity index (χ0v) is 13.1. The third-order valence-corrected chi connectivity index (χ3v) is 9.61. The van der Waals surface area contributed by atoms with Crippen LogP contribution in [0.15, 0.2) is 0 Å². The maximum Gasteiger partial charge on any atom is 0.192 e. The second kappa shape index (κ2) is 4.36. The van der Waals surface area contributed by atoms with Crippen molar-refractivity contribution in [3.05, 3.63) is 0 Å². The SMILES string of the molecule is CC(C)(C)[Si](C)(C)OC1CCC2(CCO2)CC1. The second-order valence-corrected chi connectivity index (χ2v) is 12.1. The molecule has 0 bridgehead atoms. The van der Waals surface area contributed by atoms with Crippen LogP contribution in [0, 0.1) is 0 Å². The minimum atomic E-state index is -1.57. The summed E-state index contributed by atoms with van der Waals surface area (Å²) in [7, 11) is -1.57. The van der Waals surface area contributed by atoms with E-state index in [0.29, 0.717) is 11.1 Å². The number of rotatable bonds is 2.